The summed E-state index contributed by atoms with van der Waals surface area (Å²) < 4.78 is 35.1. The molecule has 0 spiro atoms. The van der Waals surface area contributed by atoms with Crippen LogP contribution in [0.3, 0.4) is 0 Å². The maximum Gasteiger partial charge on any atom is 0.189 e. The second-order valence-electron chi connectivity index (χ2n) is 8.29. The minimum absolute atomic E-state index is 0.257. The lowest BCUT2D eigenvalue weighted by molar-refractivity contribution is -0.223. The molecule has 0 saturated carbocycles. The van der Waals surface area contributed by atoms with E-state index in [1.807, 2.05) is 52.0 Å². The van der Waals surface area contributed by atoms with Crippen molar-refractivity contribution in [2.45, 2.75) is 69.9 Å². The van der Waals surface area contributed by atoms with Crippen LogP contribution in [-0.2, 0) is 23.7 Å². The van der Waals surface area contributed by atoms with Gasteiger partial charge in [-0.15, -0.1) is 0 Å². The molecule has 0 bridgehead atoms. The second kappa shape index (κ2) is 7.64. The predicted molar refractivity (Wildman–Crippen MR) is 110 cm³/mol. The molecule has 1 aromatic rings. The van der Waals surface area contributed by atoms with Crippen LogP contribution in [-0.4, -0.2) is 61.0 Å². The zero-order chi connectivity index (χ0) is 20.8. The molecule has 3 aliphatic heterocycles. The number of rotatable bonds is 4. The first-order valence-electron chi connectivity index (χ1n) is 9.70. The monoisotopic (exact) mass is 424 g/mol. The first-order valence-corrected chi connectivity index (χ1v) is 10.1. The highest BCUT2D eigenvalue weighted by molar-refractivity contribution is 7.80. The molecule has 1 aromatic carbocycles. The largest absolute Gasteiger partial charge is 0.497 e. The molecule has 3 aliphatic rings. The van der Waals surface area contributed by atoms with Crippen molar-refractivity contribution in [1.29, 1.82) is 0 Å². The van der Waals surface area contributed by atoms with Crippen molar-refractivity contribution in [3.63, 3.8) is 0 Å². The third kappa shape index (κ3) is 4.50. The van der Waals surface area contributed by atoms with Gasteiger partial charge in [-0.3, -0.25) is 0 Å². The molecule has 0 aromatic heterocycles. The van der Waals surface area contributed by atoms with Crippen LogP contribution in [0.2, 0.25) is 0 Å². The van der Waals surface area contributed by atoms with E-state index < -0.39 is 17.9 Å². The summed E-state index contributed by atoms with van der Waals surface area (Å²) in [5.74, 6) is -0.599. The molecule has 160 valence electrons. The number of ether oxygens (including phenoxy) is 6. The van der Waals surface area contributed by atoms with E-state index in [4.69, 9.17) is 40.6 Å². The average Bonchev–Trinajstić information content (AvgIpc) is 3.26. The van der Waals surface area contributed by atoms with Gasteiger partial charge in [0.15, 0.2) is 23.0 Å². The first kappa shape index (κ1) is 20.8. The number of hydrogen-bond donors (Lipinski definition) is 2. The van der Waals surface area contributed by atoms with Crippen molar-refractivity contribution < 1.29 is 28.4 Å². The number of thiocarbonyl (C=S) groups is 1. The lowest BCUT2D eigenvalue weighted by Gasteiger charge is -2.30. The number of hydrogen-bond acceptors (Lipinski definition) is 7. The van der Waals surface area contributed by atoms with Gasteiger partial charge >= 0.3 is 0 Å². The number of anilines is 1. The lowest BCUT2D eigenvalue weighted by atomic mass is 10.0. The maximum absolute atomic E-state index is 6.17. The highest BCUT2D eigenvalue weighted by Crippen LogP contribution is 2.40. The second-order valence-corrected chi connectivity index (χ2v) is 8.70. The Morgan fingerprint density at radius 1 is 1.03 bits per heavy atom. The zero-order valence-electron chi connectivity index (χ0n) is 17.3. The van der Waals surface area contributed by atoms with Crippen molar-refractivity contribution in [3.05, 3.63) is 24.3 Å². The van der Waals surface area contributed by atoms with Crippen LogP contribution >= 0.6 is 12.2 Å². The van der Waals surface area contributed by atoms with E-state index in [-0.39, 0.29) is 24.4 Å². The van der Waals surface area contributed by atoms with Gasteiger partial charge in [-0.1, -0.05) is 0 Å². The fourth-order valence-electron chi connectivity index (χ4n) is 3.89. The molecule has 3 saturated heterocycles. The molecular formula is C20H28N2O6S. The van der Waals surface area contributed by atoms with Crippen LogP contribution in [0.15, 0.2) is 24.3 Å². The summed E-state index contributed by atoms with van der Waals surface area (Å²) in [5, 5.41) is 6.99. The smallest absolute Gasteiger partial charge is 0.189 e. The van der Waals surface area contributed by atoms with Crippen molar-refractivity contribution in [2.75, 3.05) is 19.0 Å². The van der Waals surface area contributed by atoms with Gasteiger partial charge in [0.2, 0.25) is 0 Å². The maximum atomic E-state index is 6.17. The van der Waals surface area contributed by atoms with E-state index in [9.17, 15) is 0 Å². The Hall–Kier alpha value is -1.49. The summed E-state index contributed by atoms with van der Waals surface area (Å²) in [6.07, 6.45) is -1.41. The van der Waals surface area contributed by atoms with Gasteiger partial charge in [0.25, 0.3) is 0 Å². The van der Waals surface area contributed by atoms with E-state index in [1.54, 1.807) is 7.11 Å². The summed E-state index contributed by atoms with van der Waals surface area (Å²) in [5.41, 5.74) is 0.848. The zero-order valence-corrected chi connectivity index (χ0v) is 18.1. The van der Waals surface area contributed by atoms with E-state index in [0.717, 1.165) is 11.4 Å². The topological polar surface area (TPSA) is 79.4 Å². The third-order valence-electron chi connectivity index (χ3n) is 5.13. The molecule has 0 radical (unpaired) electrons. The predicted octanol–water partition coefficient (Wildman–Crippen LogP) is 2.38. The number of fused-ring (bicyclic) bond motifs is 1. The van der Waals surface area contributed by atoms with Crippen LogP contribution in [0.4, 0.5) is 5.69 Å². The normalized spacial score (nSPS) is 34.6. The molecule has 8 nitrogen and oxygen atoms in total. The fraction of sp³-hybridized carbons (Fsp3) is 0.650. The molecule has 0 unspecified atom stereocenters. The highest BCUT2D eigenvalue weighted by atomic mass is 32.1. The Balaban J connectivity index is 1.47. The van der Waals surface area contributed by atoms with Gasteiger partial charge in [-0.2, -0.15) is 0 Å². The molecule has 3 fully saturated rings. The molecule has 29 heavy (non-hydrogen) atoms. The first-order chi connectivity index (χ1) is 13.7. The summed E-state index contributed by atoms with van der Waals surface area (Å²) >= 11 is 5.55. The van der Waals surface area contributed by atoms with E-state index in [0.29, 0.717) is 11.7 Å². The van der Waals surface area contributed by atoms with Crippen molar-refractivity contribution in [2.24, 2.45) is 0 Å². The molecule has 3 heterocycles. The average molecular weight is 425 g/mol. The Labute approximate surface area is 176 Å². The van der Waals surface area contributed by atoms with E-state index in [2.05, 4.69) is 10.6 Å². The van der Waals surface area contributed by atoms with E-state index in [1.165, 1.54) is 0 Å². The van der Waals surface area contributed by atoms with Crippen LogP contribution in [0.5, 0.6) is 5.75 Å². The molecule has 4 rings (SSSR count). The Morgan fingerprint density at radius 3 is 2.38 bits per heavy atom. The fourth-order valence-corrected chi connectivity index (χ4v) is 4.14. The minimum atomic E-state index is -0.725. The van der Waals surface area contributed by atoms with Crippen LogP contribution in [0.25, 0.3) is 0 Å². The Kier molecular flexibility index (Phi) is 5.47. The minimum Gasteiger partial charge on any atom is -0.497 e. The lowest BCUT2D eigenvalue weighted by Crippen LogP contribution is -2.53. The van der Waals surface area contributed by atoms with Gasteiger partial charge in [-0.25, -0.2) is 0 Å². The van der Waals surface area contributed by atoms with E-state index >= 15 is 0 Å². The van der Waals surface area contributed by atoms with Gasteiger partial charge in [0.1, 0.15) is 24.1 Å². The number of benzene rings is 1. The van der Waals surface area contributed by atoms with Gasteiger partial charge in [0, 0.05) is 5.69 Å². The summed E-state index contributed by atoms with van der Waals surface area (Å²) in [7, 11) is 1.63. The summed E-state index contributed by atoms with van der Waals surface area (Å²) in [6.45, 7) is 7.94. The molecular weight excluding hydrogens is 396 g/mol. The number of nitrogens with one attached hydrogen (secondary N) is 2. The van der Waals surface area contributed by atoms with Gasteiger partial charge in [0.05, 0.1) is 19.8 Å². The van der Waals surface area contributed by atoms with Gasteiger partial charge < -0.3 is 39.1 Å². The van der Waals surface area contributed by atoms with Crippen molar-refractivity contribution in [3.8, 4) is 5.75 Å². The van der Waals surface area contributed by atoms with Gasteiger partial charge in [-0.05, 0) is 64.2 Å². The molecule has 5 atom stereocenters. The molecule has 0 amide bonds. The van der Waals surface area contributed by atoms with Crippen molar-refractivity contribution >= 4 is 23.0 Å². The molecule has 2 N–H and O–H groups in total. The SMILES string of the molecule is COc1ccc(NC(=S)N[C@H]2[C@H]3OC(C)(C)O[C@H]3O[C@@H]2[C@H]2COC(C)(C)O2)cc1. The quantitative estimate of drug-likeness (QED) is 0.708. The third-order valence-corrected chi connectivity index (χ3v) is 5.35. The Bertz CT molecular complexity index is 756. The Morgan fingerprint density at radius 2 is 1.76 bits per heavy atom. The molecule has 9 heteroatoms. The standard InChI is InChI=1S/C20H28N2O6S/c1-19(2)24-10-13(26-19)15-14(16-17(25-15)28-20(3,4)27-16)22-18(29)21-11-6-8-12(23-5)9-7-11/h6-9,13-17H,10H2,1-5H3,(H2,21,22,29)/t13-,14-,15-,16-,17-/m1/s1. The van der Waals surface area contributed by atoms with Crippen LogP contribution in [0.1, 0.15) is 27.7 Å². The number of methoxy groups -OCH3 is 1. The summed E-state index contributed by atoms with van der Waals surface area (Å²) in [6, 6.07) is 7.26. The van der Waals surface area contributed by atoms with Crippen LogP contribution < -0.4 is 15.4 Å². The highest BCUT2D eigenvalue weighted by Gasteiger charge is 2.58. The summed E-state index contributed by atoms with van der Waals surface area (Å²) in [4.78, 5) is 0. The van der Waals surface area contributed by atoms with Crippen molar-refractivity contribution in [1.82, 2.24) is 5.32 Å². The molecule has 0 aliphatic carbocycles. The van der Waals surface area contributed by atoms with Crippen LogP contribution in [0, 0.1) is 0 Å².